The zero-order chi connectivity index (χ0) is 11.5. The second kappa shape index (κ2) is 4.43. The van der Waals surface area contributed by atoms with Gasteiger partial charge in [-0.05, 0) is 24.8 Å². The molecule has 0 aromatic heterocycles. The van der Waals surface area contributed by atoms with Crippen LogP contribution in [0.4, 0.5) is 5.69 Å². The van der Waals surface area contributed by atoms with E-state index in [1.54, 1.807) is 12.1 Å². The van der Waals surface area contributed by atoms with E-state index in [9.17, 15) is 14.9 Å². The quantitative estimate of drug-likeness (QED) is 0.579. The van der Waals surface area contributed by atoms with E-state index in [2.05, 4.69) is 0 Å². The number of hydrogen-bond acceptors (Lipinski definition) is 3. The van der Waals surface area contributed by atoms with Crippen LogP contribution in [0.15, 0.2) is 24.3 Å². The van der Waals surface area contributed by atoms with Gasteiger partial charge in [-0.2, -0.15) is 0 Å². The highest BCUT2D eigenvalue weighted by molar-refractivity contribution is 5.83. The van der Waals surface area contributed by atoms with E-state index in [0.717, 1.165) is 18.4 Å². The molecule has 16 heavy (non-hydrogen) atoms. The number of carbonyl (C=O) groups is 1. The molecule has 1 aliphatic rings. The standard InChI is InChI=1S/C12H13NO3/c14-12-6-2-4-10(12)7-9-3-1-5-11(8-9)13(15)16/h1,3,5,8,10H,2,4,6-7H2. The number of rotatable bonds is 3. The van der Waals surface area contributed by atoms with Crippen molar-refractivity contribution in [3.63, 3.8) is 0 Å². The van der Waals surface area contributed by atoms with Crippen molar-refractivity contribution in [2.75, 3.05) is 0 Å². The van der Waals surface area contributed by atoms with E-state index in [-0.39, 0.29) is 11.6 Å². The van der Waals surface area contributed by atoms with Crippen molar-refractivity contribution in [1.29, 1.82) is 0 Å². The number of hydrogen-bond donors (Lipinski definition) is 0. The number of nitro benzene ring substituents is 1. The molecular formula is C12H13NO3. The van der Waals surface area contributed by atoms with Gasteiger partial charge in [0, 0.05) is 24.5 Å². The maximum Gasteiger partial charge on any atom is 0.269 e. The minimum Gasteiger partial charge on any atom is -0.299 e. The highest BCUT2D eigenvalue weighted by Crippen LogP contribution is 2.26. The van der Waals surface area contributed by atoms with Gasteiger partial charge in [0.05, 0.1) is 4.92 Å². The lowest BCUT2D eigenvalue weighted by Crippen LogP contribution is -2.09. The first-order valence-electron chi connectivity index (χ1n) is 5.43. The molecule has 0 bridgehead atoms. The molecule has 4 heteroatoms. The fourth-order valence-electron chi connectivity index (χ4n) is 2.19. The second-order valence-corrected chi connectivity index (χ2v) is 4.19. The summed E-state index contributed by atoms with van der Waals surface area (Å²) in [6.45, 7) is 0. The van der Waals surface area contributed by atoms with Crippen molar-refractivity contribution >= 4 is 11.5 Å². The van der Waals surface area contributed by atoms with Crippen molar-refractivity contribution < 1.29 is 9.72 Å². The Morgan fingerprint density at radius 3 is 2.88 bits per heavy atom. The van der Waals surface area contributed by atoms with Crippen molar-refractivity contribution in [1.82, 2.24) is 0 Å². The van der Waals surface area contributed by atoms with Gasteiger partial charge >= 0.3 is 0 Å². The van der Waals surface area contributed by atoms with Crippen LogP contribution in [0.1, 0.15) is 24.8 Å². The summed E-state index contributed by atoms with van der Waals surface area (Å²) in [6.07, 6.45) is 3.18. The average molecular weight is 219 g/mol. The Kier molecular flexibility index (Phi) is 2.99. The Morgan fingerprint density at radius 2 is 2.25 bits per heavy atom. The maximum absolute atomic E-state index is 11.5. The van der Waals surface area contributed by atoms with Gasteiger partial charge < -0.3 is 0 Å². The number of non-ortho nitro benzene ring substituents is 1. The summed E-state index contributed by atoms with van der Waals surface area (Å²) in [5.41, 5.74) is 0.984. The van der Waals surface area contributed by atoms with Crippen LogP contribution < -0.4 is 0 Å². The molecule has 0 radical (unpaired) electrons. The van der Waals surface area contributed by atoms with E-state index in [1.807, 2.05) is 6.07 Å². The molecule has 0 spiro atoms. The minimum atomic E-state index is -0.403. The molecule has 2 rings (SSSR count). The summed E-state index contributed by atoms with van der Waals surface area (Å²) in [6, 6.07) is 6.55. The van der Waals surface area contributed by atoms with E-state index in [4.69, 9.17) is 0 Å². The number of carbonyl (C=O) groups excluding carboxylic acids is 1. The minimum absolute atomic E-state index is 0.0713. The normalized spacial score (nSPS) is 20.0. The zero-order valence-electron chi connectivity index (χ0n) is 8.89. The Labute approximate surface area is 93.4 Å². The van der Waals surface area contributed by atoms with E-state index in [0.29, 0.717) is 18.6 Å². The van der Waals surface area contributed by atoms with Gasteiger partial charge in [0.25, 0.3) is 5.69 Å². The molecule has 1 atom stereocenters. The fraction of sp³-hybridized carbons (Fsp3) is 0.417. The van der Waals surface area contributed by atoms with E-state index < -0.39 is 4.92 Å². The first kappa shape index (κ1) is 10.8. The molecule has 1 aromatic carbocycles. The average Bonchev–Trinajstić information content (AvgIpc) is 2.65. The summed E-state index contributed by atoms with van der Waals surface area (Å²) in [4.78, 5) is 21.7. The Hall–Kier alpha value is -1.71. The number of nitro groups is 1. The summed E-state index contributed by atoms with van der Waals surface area (Å²) >= 11 is 0. The highest BCUT2D eigenvalue weighted by atomic mass is 16.6. The van der Waals surface area contributed by atoms with Gasteiger partial charge in [-0.3, -0.25) is 14.9 Å². The highest BCUT2D eigenvalue weighted by Gasteiger charge is 2.24. The molecule has 1 aliphatic carbocycles. The van der Waals surface area contributed by atoms with Crippen LogP contribution in [0.5, 0.6) is 0 Å². The molecule has 1 unspecified atom stereocenters. The Morgan fingerprint density at radius 1 is 1.44 bits per heavy atom. The smallest absolute Gasteiger partial charge is 0.269 e. The number of ketones is 1. The molecule has 84 valence electrons. The summed E-state index contributed by atoms with van der Waals surface area (Å²) in [5.74, 6) is 0.369. The van der Waals surface area contributed by atoms with Crippen LogP contribution in [0.3, 0.4) is 0 Å². The number of nitrogens with zero attached hydrogens (tertiary/aromatic N) is 1. The van der Waals surface area contributed by atoms with Crippen LogP contribution in [0.25, 0.3) is 0 Å². The van der Waals surface area contributed by atoms with Crippen LogP contribution in [0.2, 0.25) is 0 Å². The lowest BCUT2D eigenvalue weighted by atomic mass is 9.97. The van der Waals surface area contributed by atoms with Crippen molar-refractivity contribution in [3.8, 4) is 0 Å². The molecule has 0 saturated heterocycles. The first-order chi connectivity index (χ1) is 7.66. The predicted octanol–water partition coefficient (Wildman–Crippen LogP) is 2.51. The van der Waals surface area contributed by atoms with Crippen molar-refractivity contribution in [3.05, 3.63) is 39.9 Å². The third-order valence-electron chi connectivity index (χ3n) is 3.03. The van der Waals surface area contributed by atoms with Gasteiger partial charge in [0.15, 0.2) is 0 Å². The van der Waals surface area contributed by atoms with Gasteiger partial charge in [-0.25, -0.2) is 0 Å². The first-order valence-corrected chi connectivity index (χ1v) is 5.43. The number of Topliss-reactive ketones (excluding diaryl/α,β-unsaturated/α-hetero) is 1. The van der Waals surface area contributed by atoms with Gasteiger partial charge in [0.2, 0.25) is 0 Å². The van der Waals surface area contributed by atoms with Crippen LogP contribution in [-0.2, 0) is 11.2 Å². The summed E-state index contributed by atoms with van der Waals surface area (Å²) in [5, 5.41) is 10.6. The Balaban J connectivity index is 2.12. The van der Waals surface area contributed by atoms with Crippen LogP contribution >= 0.6 is 0 Å². The van der Waals surface area contributed by atoms with Crippen molar-refractivity contribution in [2.24, 2.45) is 5.92 Å². The van der Waals surface area contributed by atoms with Gasteiger partial charge in [-0.1, -0.05) is 12.1 Å². The molecule has 0 heterocycles. The summed E-state index contributed by atoms with van der Waals surface area (Å²) < 4.78 is 0. The van der Waals surface area contributed by atoms with Gasteiger partial charge in [0.1, 0.15) is 5.78 Å². The fourth-order valence-corrected chi connectivity index (χ4v) is 2.19. The molecule has 1 fully saturated rings. The number of benzene rings is 1. The monoisotopic (exact) mass is 219 g/mol. The third-order valence-corrected chi connectivity index (χ3v) is 3.03. The Bertz CT molecular complexity index is 428. The zero-order valence-corrected chi connectivity index (χ0v) is 8.89. The molecule has 1 saturated carbocycles. The van der Waals surface area contributed by atoms with Crippen molar-refractivity contribution in [2.45, 2.75) is 25.7 Å². The molecule has 0 amide bonds. The molecule has 4 nitrogen and oxygen atoms in total. The van der Waals surface area contributed by atoms with Crippen LogP contribution in [-0.4, -0.2) is 10.7 Å². The van der Waals surface area contributed by atoms with Gasteiger partial charge in [-0.15, -0.1) is 0 Å². The maximum atomic E-state index is 11.5. The topological polar surface area (TPSA) is 60.2 Å². The lowest BCUT2D eigenvalue weighted by molar-refractivity contribution is -0.384. The SMILES string of the molecule is O=C1CCCC1Cc1cccc([N+](=O)[O-])c1. The second-order valence-electron chi connectivity index (χ2n) is 4.19. The molecule has 1 aromatic rings. The molecular weight excluding hydrogens is 206 g/mol. The lowest BCUT2D eigenvalue weighted by Gasteiger charge is -2.07. The van der Waals surface area contributed by atoms with E-state index >= 15 is 0 Å². The molecule has 0 aliphatic heterocycles. The largest absolute Gasteiger partial charge is 0.299 e. The van der Waals surface area contributed by atoms with E-state index in [1.165, 1.54) is 6.07 Å². The third kappa shape index (κ3) is 2.27. The van der Waals surface area contributed by atoms with Crippen LogP contribution in [0, 0.1) is 16.0 Å². The predicted molar refractivity (Wildman–Crippen MR) is 59.1 cm³/mol. The molecule has 0 N–H and O–H groups in total. The summed E-state index contributed by atoms with van der Waals surface area (Å²) in [7, 11) is 0.